The lowest BCUT2D eigenvalue weighted by Gasteiger charge is -2.25. The molecule has 1 heterocycles. The standard InChI is InChI=1S/C22H23BrN4O4/c1-15(28)30-10-8-27(9-11-31-16(2)29)19-6-7-21-20(13-19)22(25-14-24-21)26-18-5-3-4-17(23)12-18/h3-7,12-14H,8-11H2,1-2H3,(H,24,25,26). The number of anilines is 3. The van der Waals surface area contributed by atoms with E-state index in [1.165, 1.54) is 20.2 Å². The average Bonchev–Trinajstić information content (AvgIpc) is 2.72. The molecule has 31 heavy (non-hydrogen) atoms. The van der Waals surface area contributed by atoms with Crippen LogP contribution in [0.4, 0.5) is 17.2 Å². The van der Waals surface area contributed by atoms with Crippen LogP contribution in [-0.2, 0) is 19.1 Å². The first-order chi connectivity index (χ1) is 14.9. The number of nitrogens with zero attached hydrogens (tertiary/aromatic N) is 3. The van der Waals surface area contributed by atoms with Gasteiger partial charge in [-0.2, -0.15) is 0 Å². The Balaban J connectivity index is 1.88. The van der Waals surface area contributed by atoms with Crippen molar-refractivity contribution in [3.63, 3.8) is 0 Å². The molecule has 162 valence electrons. The third-order valence-corrected chi connectivity index (χ3v) is 4.90. The zero-order valence-corrected chi connectivity index (χ0v) is 18.9. The van der Waals surface area contributed by atoms with Gasteiger partial charge in [0.05, 0.1) is 18.6 Å². The number of carbonyl (C=O) groups excluding carboxylic acids is 2. The number of hydrogen-bond acceptors (Lipinski definition) is 8. The van der Waals surface area contributed by atoms with E-state index in [-0.39, 0.29) is 25.2 Å². The van der Waals surface area contributed by atoms with Gasteiger partial charge in [-0.05, 0) is 36.4 Å². The fraction of sp³-hybridized carbons (Fsp3) is 0.273. The molecule has 0 aliphatic rings. The van der Waals surface area contributed by atoms with Crippen LogP contribution in [0.5, 0.6) is 0 Å². The predicted molar refractivity (Wildman–Crippen MR) is 122 cm³/mol. The second-order valence-electron chi connectivity index (χ2n) is 6.73. The second-order valence-corrected chi connectivity index (χ2v) is 7.64. The smallest absolute Gasteiger partial charge is 0.302 e. The molecule has 0 saturated carbocycles. The van der Waals surface area contributed by atoms with Crippen LogP contribution in [0.2, 0.25) is 0 Å². The summed E-state index contributed by atoms with van der Waals surface area (Å²) < 4.78 is 11.1. The first-order valence-corrected chi connectivity index (χ1v) is 10.5. The van der Waals surface area contributed by atoms with Gasteiger partial charge in [-0.25, -0.2) is 9.97 Å². The molecule has 0 fully saturated rings. The lowest BCUT2D eigenvalue weighted by atomic mass is 10.2. The van der Waals surface area contributed by atoms with E-state index in [4.69, 9.17) is 9.47 Å². The summed E-state index contributed by atoms with van der Waals surface area (Å²) in [6, 6.07) is 13.6. The number of benzene rings is 2. The first-order valence-electron chi connectivity index (χ1n) is 9.71. The molecule has 0 amide bonds. The van der Waals surface area contributed by atoms with Gasteiger partial charge in [0, 0.05) is 35.1 Å². The Kier molecular flexibility index (Phi) is 7.77. The number of hydrogen-bond donors (Lipinski definition) is 1. The third kappa shape index (κ3) is 6.65. The topological polar surface area (TPSA) is 93.6 Å². The lowest BCUT2D eigenvalue weighted by Crippen LogP contribution is -2.31. The number of aromatic nitrogens is 2. The summed E-state index contributed by atoms with van der Waals surface area (Å²) in [5.41, 5.74) is 2.55. The molecule has 0 bridgehead atoms. The van der Waals surface area contributed by atoms with Gasteiger partial charge in [0.1, 0.15) is 25.4 Å². The zero-order chi connectivity index (χ0) is 22.2. The Labute approximate surface area is 188 Å². The van der Waals surface area contributed by atoms with Crippen LogP contribution >= 0.6 is 15.9 Å². The van der Waals surface area contributed by atoms with Crippen LogP contribution in [0, 0.1) is 0 Å². The molecule has 3 aromatic rings. The van der Waals surface area contributed by atoms with Gasteiger partial charge in [-0.1, -0.05) is 22.0 Å². The van der Waals surface area contributed by atoms with Gasteiger partial charge in [-0.15, -0.1) is 0 Å². The molecule has 2 aromatic carbocycles. The maximum atomic E-state index is 11.1. The molecule has 1 N–H and O–H groups in total. The molecule has 8 nitrogen and oxygen atoms in total. The van der Waals surface area contributed by atoms with Crippen LogP contribution in [-0.4, -0.2) is 48.2 Å². The first kappa shape index (κ1) is 22.5. The van der Waals surface area contributed by atoms with Crippen molar-refractivity contribution in [1.82, 2.24) is 9.97 Å². The summed E-state index contributed by atoms with van der Waals surface area (Å²) in [6.07, 6.45) is 1.52. The van der Waals surface area contributed by atoms with Crippen molar-refractivity contribution in [3.8, 4) is 0 Å². The minimum Gasteiger partial charge on any atom is -0.464 e. The Hall–Kier alpha value is -3.20. The van der Waals surface area contributed by atoms with Crippen molar-refractivity contribution in [1.29, 1.82) is 0 Å². The summed E-state index contributed by atoms with van der Waals surface area (Å²) in [5, 5.41) is 4.17. The highest BCUT2D eigenvalue weighted by atomic mass is 79.9. The second kappa shape index (κ2) is 10.7. The van der Waals surface area contributed by atoms with E-state index in [1.54, 1.807) is 0 Å². The summed E-state index contributed by atoms with van der Waals surface area (Å²) in [6.45, 7) is 4.10. The molecule has 0 aliphatic heterocycles. The van der Waals surface area contributed by atoms with Crippen molar-refractivity contribution >= 4 is 56.0 Å². The van der Waals surface area contributed by atoms with E-state index < -0.39 is 0 Å². The van der Waals surface area contributed by atoms with E-state index in [9.17, 15) is 9.59 Å². The number of ether oxygens (including phenoxy) is 2. The number of esters is 2. The predicted octanol–water partition coefficient (Wildman–Crippen LogP) is 4.07. The molecule has 3 rings (SSSR count). The molecule has 0 aliphatic carbocycles. The third-order valence-electron chi connectivity index (χ3n) is 4.40. The van der Waals surface area contributed by atoms with Gasteiger partial charge in [0.15, 0.2) is 0 Å². The molecule has 0 saturated heterocycles. The fourth-order valence-corrected chi connectivity index (χ4v) is 3.41. The van der Waals surface area contributed by atoms with E-state index >= 15 is 0 Å². The van der Waals surface area contributed by atoms with Gasteiger partial charge in [0.2, 0.25) is 0 Å². The molecular formula is C22H23BrN4O4. The normalized spacial score (nSPS) is 10.5. The van der Waals surface area contributed by atoms with E-state index in [1.807, 2.05) is 47.4 Å². The van der Waals surface area contributed by atoms with Gasteiger partial charge >= 0.3 is 11.9 Å². The van der Waals surface area contributed by atoms with E-state index in [2.05, 4.69) is 31.2 Å². The van der Waals surface area contributed by atoms with Crippen molar-refractivity contribution in [2.75, 3.05) is 36.5 Å². The maximum absolute atomic E-state index is 11.1. The van der Waals surface area contributed by atoms with Crippen LogP contribution in [0.25, 0.3) is 10.9 Å². The van der Waals surface area contributed by atoms with Crippen molar-refractivity contribution in [2.24, 2.45) is 0 Å². The van der Waals surface area contributed by atoms with Crippen molar-refractivity contribution in [2.45, 2.75) is 13.8 Å². The minimum atomic E-state index is -0.340. The molecular weight excluding hydrogens is 464 g/mol. The fourth-order valence-electron chi connectivity index (χ4n) is 3.01. The Morgan fingerprint density at radius 1 is 1.00 bits per heavy atom. The molecule has 0 radical (unpaired) electrons. The summed E-state index contributed by atoms with van der Waals surface area (Å²) in [7, 11) is 0. The highest BCUT2D eigenvalue weighted by molar-refractivity contribution is 9.10. The maximum Gasteiger partial charge on any atom is 0.302 e. The van der Waals surface area contributed by atoms with E-state index in [0.29, 0.717) is 18.9 Å². The SMILES string of the molecule is CC(=O)OCCN(CCOC(C)=O)c1ccc2ncnc(Nc3cccc(Br)c3)c2c1. The highest BCUT2D eigenvalue weighted by Gasteiger charge is 2.12. The highest BCUT2D eigenvalue weighted by Crippen LogP contribution is 2.28. The molecule has 9 heteroatoms. The van der Waals surface area contributed by atoms with Gasteiger partial charge < -0.3 is 19.7 Å². The Morgan fingerprint density at radius 3 is 2.35 bits per heavy atom. The summed E-state index contributed by atoms with van der Waals surface area (Å²) >= 11 is 3.47. The summed E-state index contributed by atoms with van der Waals surface area (Å²) in [5.74, 6) is -0.00965. The monoisotopic (exact) mass is 486 g/mol. The zero-order valence-electron chi connectivity index (χ0n) is 17.3. The molecule has 0 spiro atoms. The number of carbonyl (C=O) groups is 2. The van der Waals surface area contributed by atoms with Crippen molar-refractivity contribution in [3.05, 3.63) is 53.3 Å². The quantitative estimate of drug-likeness (QED) is 0.452. The number of nitrogens with one attached hydrogen (secondary N) is 1. The minimum absolute atomic E-state index is 0.224. The number of halogens is 1. The van der Waals surface area contributed by atoms with Crippen LogP contribution in [0.15, 0.2) is 53.3 Å². The summed E-state index contributed by atoms with van der Waals surface area (Å²) in [4.78, 5) is 33.0. The number of rotatable bonds is 9. The van der Waals surface area contributed by atoms with Gasteiger partial charge in [-0.3, -0.25) is 9.59 Å². The Morgan fingerprint density at radius 2 is 1.71 bits per heavy atom. The average molecular weight is 487 g/mol. The van der Waals surface area contributed by atoms with E-state index in [0.717, 1.165) is 26.8 Å². The van der Waals surface area contributed by atoms with Gasteiger partial charge in [0.25, 0.3) is 0 Å². The van der Waals surface area contributed by atoms with Crippen molar-refractivity contribution < 1.29 is 19.1 Å². The van der Waals surface area contributed by atoms with Crippen LogP contribution in [0.3, 0.4) is 0 Å². The lowest BCUT2D eigenvalue weighted by molar-refractivity contribution is -0.141. The largest absolute Gasteiger partial charge is 0.464 e. The molecule has 0 unspecified atom stereocenters. The Bertz CT molecular complexity index is 1060. The van der Waals surface area contributed by atoms with Crippen LogP contribution in [0.1, 0.15) is 13.8 Å². The van der Waals surface area contributed by atoms with Crippen LogP contribution < -0.4 is 10.2 Å². The molecule has 1 aromatic heterocycles. The number of fused-ring (bicyclic) bond motifs is 1. The molecule has 0 atom stereocenters.